The van der Waals surface area contributed by atoms with Gasteiger partial charge in [-0.3, -0.25) is 9.59 Å². The van der Waals surface area contributed by atoms with E-state index in [2.05, 4.69) is 26.1 Å². The summed E-state index contributed by atoms with van der Waals surface area (Å²) in [4.78, 5) is 28.5. The number of imide groups is 1. The van der Waals surface area contributed by atoms with Crippen molar-refractivity contribution in [2.45, 2.75) is 53.1 Å². The second-order valence-electron chi connectivity index (χ2n) is 9.31. The molecule has 0 bridgehead atoms. The van der Waals surface area contributed by atoms with Gasteiger partial charge in [-0.1, -0.05) is 57.2 Å². The summed E-state index contributed by atoms with van der Waals surface area (Å²) < 4.78 is 5.75. The van der Waals surface area contributed by atoms with E-state index < -0.39 is 0 Å². The number of benzene rings is 3. The summed E-state index contributed by atoms with van der Waals surface area (Å²) >= 11 is 0. The highest BCUT2D eigenvalue weighted by molar-refractivity contribution is 6.46. The van der Waals surface area contributed by atoms with Gasteiger partial charge < -0.3 is 10.1 Å². The van der Waals surface area contributed by atoms with E-state index in [1.165, 1.54) is 10.5 Å². The van der Waals surface area contributed by atoms with E-state index in [0.717, 1.165) is 17.7 Å². The van der Waals surface area contributed by atoms with Crippen LogP contribution in [0.5, 0.6) is 5.75 Å². The molecule has 0 unspecified atom stereocenters. The predicted molar refractivity (Wildman–Crippen MR) is 142 cm³/mol. The van der Waals surface area contributed by atoms with Crippen LogP contribution in [0.25, 0.3) is 5.57 Å². The van der Waals surface area contributed by atoms with E-state index in [1.54, 1.807) is 0 Å². The zero-order chi connectivity index (χ0) is 25.1. The maximum absolute atomic E-state index is 13.7. The Bertz CT molecular complexity index is 1240. The minimum Gasteiger partial charge on any atom is -0.491 e. The molecule has 180 valence electrons. The molecule has 0 aliphatic carbocycles. The van der Waals surface area contributed by atoms with Gasteiger partial charge in [0.05, 0.1) is 17.4 Å². The largest absolute Gasteiger partial charge is 0.491 e. The fraction of sp³-hybridized carbons (Fsp3) is 0.267. The molecule has 5 nitrogen and oxygen atoms in total. The van der Waals surface area contributed by atoms with Gasteiger partial charge in [-0.05, 0) is 79.3 Å². The number of rotatable bonds is 8. The van der Waals surface area contributed by atoms with Gasteiger partial charge in [0.25, 0.3) is 11.8 Å². The van der Waals surface area contributed by atoms with Gasteiger partial charge in [0.2, 0.25) is 0 Å². The molecule has 3 aromatic rings. The van der Waals surface area contributed by atoms with Crippen molar-refractivity contribution >= 4 is 28.8 Å². The van der Waals surface area contributed by atoms with Crippen molar-refractivity contribution in [2.75, 3.05) is 10.2 Å². The number of nitrogens with zero attached hydrogens (tertiary/aromatic N) is 1. The number of ether oxygens (including phenoxy) is 1. The summed E-state index contributed by atoms with van der Waals surface area (Å²) in [7, 11) is 0. The molecule has 35 heavy (non-hydrogen) atoms. The van der Waals surface area contributed by atoms with Crippen LogP contribution in [0.15, 0.2) is 78.5 Å². The van der Waals surface area contributed by atoms with Crippen LogP contribution in [-0.4, -0.2) is 17.9 Å². The van der Waals surface area contributed by atoms with Crippen molar-refractivity contribution in [1.29, 1.82) is 0 Å². The number of nitrogens with one attached hydrogen (secondary N) is 1. The average Bonchev–Trinajstić information content (AvgIpc) is 3.08. The number of hydrogen-bond donors (Lipinski definition) is 1. The molecule has 5 heteroatoms. The Hall–Kier alpha value is -3.86. The third kappa shape index (κ3) is 5.14. The molecule has 3 aromatic carbocycles. The van der Waals surface area contributed by atoms with Crippen molar-refractivity contribution in [2.24, 2.45) is 0 Å². The molecule has 0 radical (unpaired) electrons. The molecule has 0 saturated heterocycles. The van der Waals surface area contributed by atoms with Crippen LogP contribution in [0.3, 0.4) is 0 Å². The van der Waals surface area contributed by atoms with Crippen LogP contribution < -0.4 is 15.0 Å². The van der Waals surface area contributed by atoms with E-state index in [-0.39, 0.29) is 23.6 Å². The maximum Gasteiger partial charge on any atom is 0.282 e. The van der Waals surface area contributed by atoms with Crippen molar-refractivity contribution < 1.29 is 14.3 Å². The summed E-state index contributed by atoms with van der Waals surface area (Å²) in [6.07, 6.45) is 0.928. The molecule has 0 atom stereocenters. The second-order valence-corrected chi connectivity index (χ2v) is 9.31. The van der Waals surface area contributed by atoms with Crippen molar-refractivity contribution in [1.82, 2.24) is 0 Å². The summed E-state index contributed by atoms with van der Waals surface area (Å²) in [6, 6.07) is 22.8. The summed E-state index contributed by atoms with van der Waals surface area (Å²) in [5, 5.41) is 3.24. The van der Waals surface area contributed by atoms with Gasteiger partial charge in [-0.15, -0.1) is 0 Å². The van der Waals surface area contributed by atoms with Crippen LogP contribution in [0.4, 0.5) is 11.4 Å². The van der Waals surface area contributed by atoms with E-state index in [4.69, 9.17) is 4.74 Å². The number of hydrogen-bond acceptors (Lipinski definition) is 4. The highest BCUT2D eigenvalue weighted by Crippen LogP contribution is 2.35. The van der Waals surface area contributed by atoms with Crippen molar-refractivity contribution in [3.05, 3.63) is 95.2 Å². The first-order valence-electron chi connectivity index (χ1n) is 12.1. The normalized spacial score (nSPS) is 13.9. The van der Waals surface area contributed by atoms with Crippen LogP contribution in [0.2, 0.25) is 0 Å². The standard InChI is InChI=1S/C30H32N2O3/c1-6-21-7-15-25(16-8-21)32-29(33)27(23-11-17-26(18-12-23)35-20(4)5)28(30(32)34)31-24-13-9-22(10-14-24)19(2)3/h7-20,31H,6H2,1-5H3. The lowest BCUT2D eigenvalue weighted by atomic mass is 10.0. The molecule has 0 spiro atoms. The SMILES string of the molecule is CCc1ccc(N2C(=O)C(Nc3ccc(C(C)C)cc3)=C(c3ccc(OC(C)C)cc3)C2=O)cc1. The van der Waals surface area contributed by atoms with Crippen molar-refractivity contribution in [3.8, 4) is 5.75 Å². The fourth-order valence-electron chi connectivity index (χ4n) is 4.10. The number of carbonyl (C=O) groups excluding carboxylic acids is 2. The Kier molecular flexibility index (Phi) is 7.06. The predicted octanol–water partition coefficient (Wildman–Crippen LogP) is 6.56. The summed E-state index contributed by atoms with van der Waals surface area (Å²) in [6.45, 7) is 10.3. The number of carbonyl (C=O) groups is 2. The fourth-order valence-corrected chi connectivity index (χ4v) is 4.10. The van der Waals surface area contributed by atoms with Gasteiger partial charge >= 0.3 is 0 Å². The molecule has 0 fully saturated rings. The molecular weight excluding hydrogens is 436 g/mol. The third-order valence-electron chi connectivity index (χ3n) is 6.05. The van der Waals surface area contributed by atoms with Gasteiger partial charge in [-0.2, -0.15) is 0 Å². The number of amides is 2. The third-order valence-corrected chi connectivity index (χ3v) is 6.05. The van der Waals surface area contributed by atoms with Gasteiger partial charge in [0.1, 0.15) is 11.4 Å². The number of anilines is 2. The first kappa shape index (κ1) is 24.3. The summed E-state index contributed by atoms with van der Waals surface area (Å²) in [5.41, 5.74) is 4.94. The zero-order valence-electron chi connectivity index (χ0n) is 21.0. The first-order valence-corrected chi connectivity index (χ1v) is 12.1. The minimum atomic E-state index is -0.371. The van der Waals surface area contributed by atoms with Crippen LogP contribution in [0.1, 0.15) is 57.2 Å². The number of aryl methyl sites for hydroxylation is 1. The van der Waals surface area contributed by atoms with Crippen LogP contribution in [0, 0.1) is 0 Å². The molecule has 2 amide bonds. The van der Waals surface area contributed by atoms with Gasteiger partial charge in [0.15, 0.2) is 0 Å². The molecule has 1 N–H and O–H groups in total. The van der Waals surface area contributed by atoms with Crippen LogP contribution >= 0.6 is 0 Å². The smallest absolute Gasteiger partial charge is 0.282 e. The van der Waals surface area contributed by atoms with Crippen molar-refractivity contribution in [3.63, 3.8) is 0 Å². The topological polar surface area (TPSA) is 58.6 Å². The minimum absolute atomic E-state index is 0.0439. The lowest BCUT2D eigenvalue weighted by Gasteiger charge is -2.16. The molecule has 0 saturated carbocycles. The Morgan fingerprint density at radius 3 is 1.97 bits per heavy atom. The molecule has 1 heterocycles. The molecular formula is C30H32N2O3. The average molecular weight is 469 g/mol. The quantitative estimate of drug-likeness (QED) is 0.381. The first-order chi connectivity index (χ1) is 16.8. The van der Waals surface area contributed by atoms with E-state index in [9.17, 15) is 9.59 Å². The highest BCUT2D eigenvalue weighted by Gasteiger charge is 2.40. The van der Waals surface area contributed by atoms with E-state index in [1.807, 2.05) is 86.6 Å². The second kappa shape index (κ2) is 10.2. The Morgan fingerprint density at radius 1 is 0.800 bits per heavy atom. The van der Waals surface area contributed by atoms with E-state index >= 15 is 0 Å². The molecule has 0 aromatic heterocycles. The van der Waals surface area contributed by atoms with Crippen LogP contribution in [-0.2, 0) is 16.0 Å². The maximum atomic E-state index is 13.7. The van der Waals surface area contributed by atoms with E-state index in [0.29, 0.717) is 28.5 Å². The highest BCUT2D eigenvalue weighted by atomic mass is 16.5. The lowest BCUT2D eigenvalue weighted by Crippen LogP contribution is -2.32. The lowest BCUT2D eigenvalue weighted by molar-refractivity contribution is -0.120. The molecule has 1 aliphatic rings. The van der Waals surface area contributed by atoms with Gasteiger partial charge in [-0.25, -0.2) is 4.90 Å². The Morgan fingerprint density at radius 2 is 1.43 bits per heavy atom. The monoisotopic (exact) mass is 468 g/mol. The summed E-state index contributed by atoms with van der Waals surface area (Å²) in [5.74, 6) is 0.399. The molecule has 4 rings (SSSR count). The van der Waals surface area contributed by atoms with Gasteiger partial charge in [0, 0.05) is 5.69 Å². The molecule has 1 aliphatic heterocycles. The zero-order valence-corrected chi connectivity index (χ0v) is 21.0. The Balaban J connectivity index is 1.74. The Labute approximate surface area is 207 Å².